The predicted molar refractivity (Wildman–Crippen MR) is 71.6 cm³/mol. The Morgan fingerprint density at radius 2 is 2.06 bits per heavy atom. The number of halogens is 1. The van der Waals surface area contributed by atoms with Crippen LogP contribution in [-0.2, 0) is 0 Å². The van der Waals surface area contributed by atoms with E-state index in [1.165, 1.54) is 6.33 Å². The van der Waals surface area contributed by atoms with Gasteiger partial charge in [0, 0.05) is 5.69 Å². The van der Waals surface area contributed by atoms with Crippen molar-refractivity contribution in [3.8, 4) is 0 Å². The Kier molecular flexibility index (Phi) is 3.58. The number of aromatic nitrogens is 2. The van der Waals surface area contributed by atoms with Crippen molar-refractivity contribution in [3.63, 3.8) is 0 Å². The molecule has 4 nitrogen and oxygen atoms in total. The third-order valence-electron chi connectivity index (χ3n) is 2.81. The molecule has 5 heteroatoms. The maximum atomic E-state index is 11.0. The zero-order valence-electron chi connectivity index (χ0n) is 10.1. The van der Waals surface area contributed by atoms with Crippen LogP contribution in [0.3, 0.4) is 0 Å². The first-order valence-electron chi connectivity index (χ1n) is 5.42. The van der Waals surface area contributed by atoms with E-state index >= 15 is 0 Å². The molecular formula is C13H12ClN3O. The van der Waals surface area contributed by atoms with Crippen LogP contribution in [0.4, 0.5) is 11.5 Å². The molecule has 0 amide bonds. The van der Waals surface area contributed by atoms with E-state index in [9.17, 15) is 4.79 Å². The summed E-state index contributed by atoms with van der Waals surface area (Å²) in [5, 5.41) is 3.25. The first kappa shape index (κ1) is 12.5. The molecule has 0 aliphatic rings. The van der Waals surface area contributed by atoms with E-state index in [4.69, 9.17) is 11.6 Å². The molecule has 0 saturated carbocycles. The molecule has 0 unspecified atom stereocenters. The Balaban J connectivity index is 2.43. The Bertz CT molecular complexity index is 599. The van der Waals surface area contributed by atoms with Crippen molar-refractivity contribution in [1.82, 2.24) is 9.97 Å². The number of nitrogens with zero attached hydrogens (tertiary/aromatic N) is 2. The van der Waals surface area contributed by atoms with Crippen molar-refractivity contribution in [1.29, 1.82) is 0 Å². The molecule has 0 saturated heterocycles. The third kappa shape index (κ3) is 2.33. The van der Waals surface area contributed by atoms with Gasteiger partial charge in [0.15, 0.2) is 6.29 Å². The van der Waals surface area contributed by atoms with E-state index in [2.05, 4.69) is 15.3 Å². The van der Waals surface area contributed by atoms with Crippen LogP contribution in [0.1, 0.15) is 21.5 Å². The van der Waals surface area contributed by atoms with Gasteiger partial charge in [0.2, 0.25) is 0 Å². The number of aryl methyl sites for hydroxylation is 1. The van der Waals surface area contributed by atoms with Crippen LogP contribution in [0, 0.1) is 13.8 Å². The average molecular weight is 262 g/mol. The fourth-order valence-electron chi connectivity index (χ4n) is 1.59. The van der Waals surface area contributed by atoms with Crippen LogP contribution in [0.2, 0.25) is 5.15 Å². The normalized spacial score (nSPS) is 10.2. The molecule has 0 bridgehead atoms. The SMILES string of the molecule is Cc1cccc(Nc2ncnc(Cl)c2C=O)c1C. The Labute approximate surface area is 110 Å². The summed E-state index contributed by atoms with van der Waals surface area (Å²) in [7, 11) is 0. The molecule has 0 aliphatic heterocycles. The molecule has 1 N–H and O–H groups in total. The summed E-state index contributed by atoms with van der Waals surface area (Å²) in [6.07, 6.45) is 1.97. The lowest BCUT2D eigenvalue weighted by atomic mass is 10.1. The third-order valence-corrected chi connectivity index (χ3v) is 3.11. The maximum absolute atomic E-state index is 11.0. The van der Waals surface area contributed by atoms with E-state index in [1.807, 2.05) is 32.0 Å². The predicted octanol–water partition coefficient (Wildman–Crippen LogP) is 3.30. The van der Waals surface area contributed by atoms with Crippen molar-refractivity contribution in [2.75, 3.05) is 5.32 Å². The highest BCUT2D eigenvalue weighted by molar-refractivity contribution is 6.32. The maximum Gasteiger partial charge on any atom is 0.156 e. The highest BCUT2D eigenvalue weighted by Gasteiger charge is 2.10. The number of carbonyl (C=O) groups excluding carboxylic acids is 1. The highest BCUT2D eigenvalue weighted by atomic mass is 35.5. The summed E-state index contributed by atoms with van der Waals surface area (Å²) < 4.78 is 0. The minimum atomic E-state index is 0.146. The van der Waals surface area contributed by atoms with Crippen molar-refractivity contribution >= 4 is 29.4 Å². The highest BCUT2D eigenvalue weighted by Crippen LogP contribution is 2.25. The van der Waals surface area contributed by atoms with E-state index in [0.717, 1.165) is 16.8 Å². The molecule has 92 valence electrons. The first-order chi connectivity index (χ1) is 8.63. The summed E-state index contributed by atoms with van der Waals surface area (Å²) in [6, 6.07) is 5.88. The molecule has 2 aromatic rings. The summed E-state index contributed by atoms with van der Waals surface area (Å²) >= 11 is 5.84. The van der Waals surface area contributed by atoms with E-state index in [1.54, 1.807) is 0 Å². The molecule has 0 radical (unpaired) electrons. The number of benzene rings is 1. The smallest absolute Gasteiger partial charge is 0.156 e. The molecule has 1 heterocycles. The fraction of sp³-hybridized carbons (Fsp3) is 0.154. The van der Waals surface area contributed by atoms with Gasteiger partial charge in [-0.25, -0.2) is 9.97 Å². The number of hydrogen-bond acceptors (Lipinski definition) is 4. The lowest BCUT2D eigenvalue weighted by Gasteiger charge is -2.12. The Morgan fingerprint density at radius 1 is 1.28 bits per heavy atom. The van der Waals surface area contributed by atoms with Gasteiger partial charge in [-0.3, -0.25) is 4.79 Å². The van der Waals surface area contributed by atoms with E-state index in [-0.39, 0.29) is 10.7 Å². The van der Waals surface area contributed by atoms with Crippen LogP contribution in [0.5, 0.6) is 0 Å². The molecule has 1 aromatic carbocycles. The Morgan fingerprint density at radius 3 is 2.78 bits per heavy atom. The van der Waals surface area contributed by atoms with Gasteiger partial charge >= 0.3 is 0 Å². The van der Waals surface area contributed by atoms with Gasteiger partial charge in [-0.1, -0.05) is 23.7 Å². The minimum Gasteiger partial charge on any atom is -0.339 e. The lowest BCUT2D eigenvalue weighted by Crippen LogP contribution is -2.02. The molecule has 0 aliphatic carbocycles. The molecule has 1 aromatic heterocycles. The van der Waals surface area contributed by atoms with Crippen LogP contribution < -0.4 is 5.32 Å². The standard InChI is InChI=1S/C13H12ClN3O/c1-8-4-3-5-11(9(8)2)17-13-10(6-18)12(14)15-7-16-13/h3-7H,1-2H3,(H,15,16,17). The van der Waals surface area contributed by atoms with Gasteiger partial charge < -0.3 is 5.32 Å². The largest absolute Gasteiger partial charge is 0.339 e. The average Bonchev–Trinajstić information content (AvgIpc) is 2.35. The molecule has 18 heavy (non-hydrogen) atoms. The van der Waals surface area contributed by atoms with Crippen LogP contribution >= 0.6 is 11.6 Å². The number of aldehydes is 1. The second-order valence-corrected chi connectivity index (χ2v) is 4.28. The molecule has 2 rings (SSSR count). The zero-order valence-corrected chi connectivity index (χ0v) is 10.8. The first-order valence-corrected chi connectivity index (χ1v) is 5.80. The fourth-order valence-corrected chi connectivity index (χ4v) is 1.77. The molecule has 0 atom stereocenters. The van der Waals surface area contributed by atoms with Crippen molar-refractivity contribution in [2.24, 2.45) is 0 Å². The van der Waals surface area contributed by atoms with Crippen molar-refractivity contribution < 1.29 is 4.79 Å². The van der Waals surface area contributed by atoms with Gasteiger partial charge in [-0.15, -0.1) is 0 Å². The number of anilines is 2. The topological polar surface area (TPSA) is 54.9 Å². The van der Waals surface area contributed by atoms with Gasteiger partial charge in [0.25, 0.3) is 0 Å². The summed E-state index contributed by atoms with van der Waals surface area (Å²) in [5.74, 6) is 0.415. The Hall–Kier alpha value is -1.94. The van der Waals surface area contributed by atoms with Crippen molar-refractivity contribution in [2.45, 2.75) is 13.8 Å². The second-order valence-electron chi connectivity index (χ2n) is 3.92. The van der Waals surface area contributed by atoms with Gasteiger partial charge in [0.1, 0.15) is 17.3 Å². The molecular weight excluding hydrogens is 250 g/mol. The number of hydrogen-bond donors (Lipinski definition) is 1. The van der Waals surface area contributed by atoms with Crippen LogP contribution in [-0.4, -0.2) is 16.3 Å². The van der Waals surface area contributed by atoms with Crippen molar-refractivity contribution in [3.05, 3.63) is 46.4 Å². The van der Waals surface area contributed by atoms with Gasteiger partial charge in [-0.2, -0.15) is 0 Å². The summed E-state index contributed by atoms with van der Waals surface area (Å²) in [4.78, 5) is 18.8. The van der Waals surface area contributed by atoms with Gasteiger partial charge in [0.05, 0.1) is 5.56 Å². The van der Waals surface area contributed by atoms with Crippen LogP contribution in [0.15, 0.2) is 24.5 Å². The van der Waals surface area contributed by atoms with Crippen LogP contribution in [0.25, 0.3) is 0 Å². The number of nitrogens with one attached hydrogen (secondary N) is 1. The summed E-state index contributed by atoms with van der Waals surface area (Å²) in [6.45, 7) is 4.02. The monoisotopic (exact) mass is 261 g/mol. The van der Waals surface area contributed by atoms with E-state index < -0.39 is 0 Å². The second kappa shape index (κ2) is 5.14. The zero-order chi connectivity index (χ0) is 13.1. The summed E-state index contributed by atoms with van der Waals surface area (Å²) in [5.41, 5.74) is 3.42. The minimum absolute atomic E-state index is 0.146. The number of rotatable bonds is 3. The van der Waals surface area contributed by atoms with E-state index in [0.29, 0.717) is 12.1 Å². The molecule has 0 fully saturated rings. The quantitative estimate of drug-likeness (QED) is 0.680. The van der Waals surface area contributed by atoms with Gasteiger partial charge in [-0.05, 0) is 31.0 Å². The molecule has 0 spiro atoms. The number of carbonyl (C=O) groups is 1. The lowest BCUT2D eigenvalue weighted by molar-refractivity contribution is 0.112.